The second kappa shape index (κ2) is 10.9. The summed E-state index contributed by atoms with van der Waals surface area (Å²) in [6, 6.07) is 17.6. The largest absolute Gasteiger partial charge is 0.495 e. The monoisotopic (exact) mass is 508 g/mol. The first-order chi connectivity index (χ1) is 15.7. The molecule has 0 aromatic heterocycles. The van der Waals surface area contributed by atoms with Gasteiger partial charge >= 0.3 is 0 Å². The van der Waals surface area contributed by atoms with Gasteiger partial charge in [0.2, 0.25) is 10.0 Å². The number of halogens is 2. The molecule has 0 unspecified atom stereocenters. The van der Waals surface area contributed by atoms with Gasteiger partial charge in [0, 0.05) is 11.1 Å². The highest BCUT2D eigenvalue weighted by atomic mass is 35.5. The van der Waals surface area contributed by atoms with Crippen LogP contribution in [-0.4, -0.2) is 28.0 Å². The lowest BCUT2D eigenvalue weighted by molar-refractivity contribution is -0.118. The summed E-state index contributed by atoms with van der Waals surface area (Å²) in [5.74, 6) is 0.138. The molecule has 7 nitrogen and oxygen atoms in total. The molecular weight excluding hydrogens is 487 g/mol. The van der Waals surface area contributed by atoms with E-state index in [1.807, 2.05) is 30.3 Å². The summed E-state index contributed by atoms with van der Waals surface area (Å²) in [5, 5.41) is 3.13. The van der Waals surface area contributed by atoms with Crippen LogP contribution in [0.15, 0.2) is 71.6 Å². The Morgan fingerprint density at radius 2 is 1.70 bits per heavy atom. The van der Waals surface area contributed by atoms with Crippen molar-refractivity contribution in [1.82, 2.24) is 4.72 Å². The molecule has 3 aromatic rings. The van der Waals surface area contributed by atoms with Crippen LogP contribution in [0.3, 0.4) is 0 Å². The minimum atomic E-state index is -3.83. The van der Waals surface area contributed by atoms with Crippen molar-refractivity contribution in [3.05, 3.63) is 82.3 Å². The van der Waals surface area contributed by atoms with E-state index in [-0.39, 0.29) is 22.3 Å². The van der Waals surface area contributed by atoms with Crippen LogP contribution in [0.4, 0.5) is 5.69 Å². The molecule has 1 atom stereocenters. The van der Waals surface area contributed by atoms with E-state index in [1.54, 1.807) is 25.1 Å². The standard InChI is InChI=1S/C23H22Cl2N2O5S/c1-15(16-6-4-3-5-7-16)27-33(29,30)18-9-11-21(19(25)13-18)32-14-23(28)26-20-12-17(24)8-10-22(20)31-2/h3-13,15,27H,14H2,1-2H3,(H,26,28)/t15-/m0/s1. The summed E-state index contributed by atoms with van der Waals surface area (Å²) < 4.78 is 38.7. The highest BCUT2D eigenvalue weighted by molar-refractivity contribution is 7.89. The third-order valence-corrected chi connectivity index (χ3v) is 6.71. The second-order valence-corrected chi connectivity index (χ2v) is 9.58. The SMILES string of the molecule is COc1ccc(Cl)cc1NC(=O)COc1ccc(S(=O)(=O)N[C@@H](C)c2ccccc2)cc1Cl. The lowest BCUT2D eigenvalue weighted by atomic mass is 10.1. The lowest BCUT2D eigenvalue weighted by Gasteiger charge is -2.15. The molecule has 2 N–H and O–H groups in total. The van der Waals surface area contributed by atoms with E-state index in [0.717, 1.165) is 5.56 Å². The number of benzene rings is 3. The number of hydrogen-bond acceptors (Lipinski definition) is 5. The van der Waals surface area contributed by atoms with E-state index >= 15 is 0 Å². The van der Waals surface area contributed by atoms with Gasteiger partial charge in [-0.3, -0.25) is 4.79 Å². The van der Waals surface area contributed by atoms with Crippen molar-refractivity contribution in [2.24, 2.45) is 0 Å². The van der Waals surface area contributed by atoms with Crippen LogP contribution in [0.25, 0.3) is 0 Å². The van der Waals surface area contributed by atoms with E-state index in [1.165, 1.54) is 25.3 Å². The molecule has 3 aromatic carbocycles. The van der Waals surface area contributed by atoms with Crippen molar-refractivity contribution in [2.45, 2.75) is 17.9 Å². The van der Waals surface area contributed by atoms with Gasteiger partial charge in [0.15, 0.2) is 6.61 Å². The van der Waals surface area contributed by atoms with Crippen molar-refractivity contribution in [3.63, 3.8) is 0 Å². The Labute approximate surface area is 202 Å². The molecule has 0 aliphatic carbocycles. The first-order valence-corrected chi connectivity index (χ1v) is 12.1. The predicted molar refractivity (Wildman–Crippen MR) is 129 cm³/mol. The summed E-state index contributed by atoms with van der Waals surface area (Å²) in [7, 11) is -2.35. The molecule has 3 rings (SSSR count). The van der Waals surface area contributed by atoms with Gasteiger partial charge in [-0.15, -0.1) is 0 Å². The normalized spacial score (nSPS) is 12.1. The molecule has 0 aliphatic rings. The van der Waals surface area contributed by atoms with Crippen molar-refractivity contribution in [2.75, 3.05) is 19.0 Å². The number of anilines is 1. The van der Waals surface area contributed by atoms with Gasteiger partial charge in [-0.2, -0.15) is 0 Å². The fourth-order valence-corrected chi connectivity index (χ4v) is 4.71. The summed E-state index contributed by atoms with van der Waals surface area (Å²) in [6.45, 7) is 1.39. The molecule has 0 bridgehead atoms. The van der Waals surface area contributed by atoms with Crippen molar-refractivity contribution >= 4 is 44.8 Å². The molecule has 174 valence electrons. The molecular formula is C23H22Cl2N2O5S. The number of methoxy groups -OCH3 is 1. The van der Waals surface area contributed by atoms with Crippen molar-refractivity contribution < 1.29 is 22.7 Å². The summed E-state index contributed by atoms with van der Waals surface area (Å²) in [4.78, 5) is 12.3. The van der Waals surface area contributed by atoms with Crippen LogP contribution in [0.2, 0.25) is 10.0 Å². The maximum absolute atomic E-state index is 12.7. The Kier molecular flexibility index (Phi) is 8.20. The van der Waals surface area contributed by atoms with E-state index in [0.29, 0.717) is 16.5 Å². The van der Waals surface area contributed by atoms with Gasteiger partial charge in [0.1, 0.15) is 11.5 Å². The molecule has 0 saturated carbocycles. The molecule has 0 aliphatic heterocycles. The number of rotatable bonds is 9. The Bertz CT molecular complexity index is 1240. The lowest BCUT2D eigenvalue weighted by Crippen LogP contribution is -2.27. The Morgan fingerprint density at radius 1 is 1.00 bits per heavy atom. The van der Waals surface area contributed by atoms with Gasteiger partial charge in [-0.1, -0.05) is 53.5 Å². The quantitative estimate of drug-likeness (QED) is 0.421. The van der Waals surface area contributed by atoms with Crippen LogP contribution >= 0.6 is 23.2 Å². The molecule has 0 radical (unpaired) electrons. The molecule has 0 spiro atoms. The first-order valence-electron chi connectivity index (χ1n) is 9.82. The molecule has 33 heavy (non-hydrogen) atoms. The van der Waals surface area contributed by atoms with Gasteiger partial charge in [-0.05, 0) is 48.9 Å². The Balaban J connectivity index is 1.64. The average molecular weight is 509 g/mol. The maximum Gasteiger partial charge on any atom is 0.262 e. The fraction of sp³-hybridized carbons (Fsp3) is 0.174. The summed E-state index contributed by atoms with van der Waals surface area (Å²) in [6.07, 6.45) is 0. The van der Waals surface area contributed by atoms with Gasteiger partial charge < -0.3 is 14.8 Å². The third kappa shape index (κ3) is 6.61. The van der Waals surface area contributed by atoms with Crippen LogP contribution < -0.4 is 19.5 Å². The highest BCUT2D eigenvalue weighted by Crippen LogP contribution is 2.29. The number of carbonyl (C=O) groups excluding carboxylic acids is 1. The van der Waals surface area contributed by atoms with Crippen molar-refractivity contribution in [3.8, 4) is 11.5 Å². The number of amides is 1. The van der Waals surface area contributed by atoms with Crippen LogP contribution in [0, 0.1) is 0 Å². The van der Waals surface area contributed by atoms with Crippen LogP contribution in [0.1, 0.15) is 18.5 Å². The van der Waals surface area contributed by atoms with Crippen LogP contribution in [-0.2, 0) is 14.8 Å². The highest BCUT2D eigenvalue weighted by Gasteiger charge is 2.20. The van der Waals surface area contributed by atoms with Crippen LogP contribution in [0.5, 0.6) is 11.5 Å². The maximum atomic E-state index is 12.7. The van der Waals surface area contributed by atoms with Gasteiger partial charge in [-0.25, -0.2) is 13.1 Å². The third-order valence-electron chi connectivity index (χ3n) is 4.64. The minimum absolute atomic E-state index is 0.0178. The van der Waals surface area contributed by atoms with Gasteiger partial charge in [0.05, 0.1) is 22.7 Å². The summed E-state index contributed by atoms with van der Waals surface area (Å²) in [5.41, 5.74) is 1.22. The molecule has 0 fully saturated rings. The zero-order valence-electron chi connectivity index (χ0n) is 17.8. The number of nitrogens with one attached hydrogen (secondary N) is 2. The molecule has 0 heterocycles. The predicted octanol–water partition coefficient (Wildman–Crippen LogP) is 5.06. The Hall–Kier alpha value is -2.78. The zero-order chi connectivity index (χ0) is 24.0. The zero-order valence-corrected chi connectivity index (χ0v) is 20.2. The summed E-state index contributed by atoms with van der Waals surface area (Å²) >= 11 is 12.2. The van der Waals surface area contributed by atoms with E-state index in [4.69, 9.17) is 32.7 Å². The average Bonchev–Trinajstić information content (AvgIpc) is 2.78. The van der Waals surface area contributed by atoms with Crippen molar-refractivity contribution in [1.29, 1.82) is 0 Å². The minimum Gasteiger partial charge on any atom is -0.495 e. The fourth-order valence-electron chi connectivity index (χ4n) is 2.98. The number of sulfonamides is 1. The molecule has 1 amide bonds. The number of hydrogen-bond donors (Lipinski definition) is 2. The van der Waals surface area contributed by atoms with E-state index in [9.17, 15) is 13.2 Å². The van der Waals surface area contributed by atoms with Gasteiger partial charge in [0.25, 0.3) is 5.91 Å². The van der Waals surface area contributed by atoms with E-state index in [2.05, 4.69) is 10.0 Å². The van der Waals surface area contributed by atoms with E-state index < -0.39 is 22.0 Å². The number of ether oxygens (including phenoxy) is 2. The molecule has 10 heteroatoms. The first kappa shape index (κ1) is 24.9. The smallest absolute Gasteiger partial charge is 0.262 e. The molecule has 0 saturated heterocycles. The Morgan fingerprint density at radius 3 is 2.36 bits per heavy atom. The number of carbonyl (C=O) groups is 1. The topological polar surface area (TPSA) is 93.7 Å². The second-order valence-electron chi connectivity index (χ2n) is 7.03.